The van der Waals surface area contributed by atoms with Gasteiger partial charge in [0.15, 0.2) is 5.41 Å². The zero-order valence-corrected chi connectivity index (χ0v) is 9.60. The van der Waals surface area contributed by atoms with Crippen molar-refractivity contribution in [1.82, 2.24) is 10.6 Å². The van der Waals surface area contributed by atoms with Crippen LogP contribution in [-0.2, 0) is 4.79 Å². The average molecular weight is 254 g/mol. The van der Waals surface area contributed by atoms with Crippen LogP contribution in [0.2, 0.25) is 0 Å². The SMILES string of the molecule is CCC(CO)NC(=O)C1(C(F)(F)F)CCNC1. The van der Waals surface area contributed by atoms with Crippen molar-refractivity contribution in [2.75, 3.05) is 19.7 Å². The summed E-state index contributed by atoms with van der Waals surface area (Å²) in [6.07, 6.45) is -4.44. The van der Waals surface area contributed by atoms with Crippen LogP contribution < -0.4 is 10.6 Å². The lowest BCUT2D eigenvalue weighted by atomic mass is 9.85. The van der Waals surface area contributed by atoms with Gasteiger partial charge >= 0.3 is 6.18 Å². The molecule has 7 heteroatoms. The molecular weight excluding hydrogens is 237 g/mol. The zero-order valence-electron chi connectivity index (χ0n) is 9.60. The Bertz CT molecular complexity index is 271. The predicted molar refractivity (Wildman–Crippen MR) is 55.3 cm³/mol. The van der Waals surface area contributed by atoms with E-state index in [2.05, 4.69) is 10.6 Å². The minimum atomic E-state index is -4.58. The first kappa shape index (κ1) is 14.2. The number of amides is 1. The number of nitrogens with one attached hydrogen (secondary N) is 2. The van der Waals surface area contributed by atoms with Crippen molar-refractivity contribution in [2.45, 2.75) is 32.0 Å². The third-order valence-electron chi connectivity index (χ3n) is 3.18. The van der Waals surface area contributed by atoms with E-state index >= 15 is 0 Å². The molecule has 2 unspecified atom stereocenters. The van der Waals surface area contributed by atoms with Crippen LogP contribution in [0.15, 0.2) is 0 Å². The molecule has 0 bridgehead atoms. The summed E-state index contributed by atoms with van der Waals surface area (Å²) in [4.78, 5) is 11.8. The topological polar surface area (TPSA) is 61.4 Å². The smallest absolute Gasteiger partial charge is 0.394 e. The molecule has 0 aromatic heterocycles. The first-order chi connectivity index (χ1) is 7.87. The molecule has 1 heterocycles. The van der Waals surface area contributed by atoms with E-state index in [0.29, 0.717) is 6.42 Å². The Morgan fingerprint density at radius 2 is 2.24 bits per heavy atom. The van der Waals surface area contributed by atoms with Crippen LogP contribution in [0.3, 0.4) is 0 Å². The lowest BCUT2D eigenvalue weighted by molar-refractivity contribution is -0.216. The Kier molecular flexibility index (Phi) is 4.37. The lowest BCUT2D eigenvalue weighted by Crippen LogP contribution is -2.54. The number of carbonyl (C=O) groups excluding carboxylic acids is 1. The minimum absolute atomic E-state index is 0.169. The second-order valence-corrected chi connectivity index (χ2v) is 4.27. The molecule has 0 aromatic carbocycles. The lowest BCUT2D eigenvalue weighted by Gasteiger charge is -2.31. The van der Waals surface area contributed by atoms with E-state index in [0.717, 1.165) is 0 Å². The molecular formula is C10H17F3N2O2. The molecule has 0 radical (unpaired) electrons. The number of alkyl halides is 3. The molecule has 0 saturated carbocycles. The second kappa shape index (κ2) is 5.22. The monoisotopic (exact) mass is 254 g/mol. The Morgan fingerprint density at radius 3 is 2.59 bits per heavy atom. The Hall–Kier alpha value is -0.820. The number of halogens is 3. The first-order valence-corrected chi connectivity index (χ1v) is 5.56. The van der Waals surface area contributed by atoms with Gasteiger partial charge in [0.25, 0.3) is 0 Å². The fourth-order valence-corrected chi connectivity index (χ4v) is 1.86. The Balaban J connectivity index is 2.82. The van der Waals surface area contributed by atoms with Gasteiger partial charge in [-0.25, -0.2) is 0 Å². The molecule has 1 aliphatic rings. The highest BCUT2D eigenvalue weighted by atomic mass is 19.4. The van der Waals surface area contributed by atoms with E-state index in [1.54, 1.807) is 6.92 Å². The molecule has 0 spiro atoms. The number of aliphatic hydroxyl groups is 1. The van der Waals surface area contributed by atoms with E-state index in [-0.39, 0.29) is 19.6 Å². The maximum atomic E-state index is 13.0. The summed E-state index contributed by atoms with van der Waals surface area (Å²) in [6, 6.07) is -0.623. The van der Waals surface area contributed by atoms with Crippen molar-refractivity contribution < 1.29 is 23.1 Å². The molecule has 3 N–H and O–H groups in total. The summed E-state index contributed by atoms with van der Waals surface area (Å²) in [6.45, 7) is 1.10. The largest absolute Gasteiger partial charge is 0.404 e. The molecule has 1 saturated heterocycles. The molecule has 4 nitrogen and oxygen atoms in total. The number of rotatable bonds is 4. The van der Waals surface area contributed by atoms with E-state index in [1.165, 1.54) is 0 Å². The quantitative estimate of drug-likeness (QED) is 0.681. The van der Waals surface area contributed by atoms with Crippen LogP contribution in [0.5, 0.6) is 0 Å². The van der Waals surface area contributed by atoms with Crippen molar-refractivity contribution in [3.05, 3.63) is 0 Å². The fourth-order valence-electron chi connectivity index (χ4n) is 1.86. The van der Waals surface area contributed by atoms with Gasteiger partial charge < -0.3 is 15.7 Å². The van der Waals surface area contributed by atoms with Crippen LogP contribution in [0.1, 0.15) is 19.8 Å². The van der Waals surface area contributed by atoms with Crippen LogP contribution >= 0.6 is 0 Å². The van der Waals surface area contributed by atoms with Gasteiger partial charge in [0.2, 0.25) is 5.91 Å². The van der Waals surface area contributed by atoms with E-state index in [1.807, 2.05) is 0 Å². The molecule has 1 aliphatic heterocycles. The van der Waals surface area contributed by atoms with E-state index in [9.17, 15) is 18.0 Å². The van der Waals surface area contributed by atoms with Gasteiger partial charge in [0.05, 0.1) is 12.6 Å². The van der Waals surface area contributed by atoms with Crippen molar-refractivity contribution in [3.63, 3.8) is 0 Å². The number of hydrogen-bond acceptors (Lipinski definition) is 3. The molecule has 2 atom stereocenters. The summed E-state index contributed by atoms with van der Waals surface area (Å²) >= 11 is 0. The van der Waals surface area contributed by atoms with Crippen LogP contribution in [-0.4, -0.2) is 42.9 Å². The molecule has 1 rings (SSSR count). The van der Waals surface area contributed by atoms with Gasteiger partial charge in [-0.15, -0.1) is 0 Å². The van der Waals surface area contributed by atoms with Gasteiger partial charge in [-0.1, -0.05) is 6.92 Å². The fraction of sp³-hybridized carbons (Fsp3) is 0.900. The van der Waals surface area contributed by atoms with Gasteiger partial charge in [0, 0.05) is 6.54 Å². The minimum Gasteiger partial charge on any atom is -0.394 e. The van der Waals surface area contributed by atoms with Crippen LogP contribution in [0.4, 0.5) is 13.2 Å². The summed E-state index contributed by atoms with van der Waals surface area (Å²) in [5.74, 6) is -1.05. The highest BCUT2D eigenvalue weighted by molar-refractivity contribution is 5.84. The summed E-state index contributed by atoms with van der Waals surface area (Å²) in [5.41, 5.74) is -2.35. The number of aliphatic hydroxyl groups excluding tert-OH is 1. The third-order valence-corrected chi connectivity index (χ3v) is 3.18. The zero-order chi connectivity index (χ0) is 13.1. The van der Waals surface area contributed by atoms with Crippen molar-refractivity contribution in [2.24, 2.45) is 5.41 Å². The second-order valence-electron chi connectivity index (χ2n) is 4.27. The maximum absolute atomic E-state index is 13.0. The van der Waals surface area contributed by atoms with E-state index < -0.39 is 30.1 Å². The van der Waals surface area contributed by atoms with Gasteiger partial charge in [0.1, 0.15) is 0 Å². The molecule has 0 aliphatic carbocycles. The normalized spacial score (nSPS) is 26.9. The van der Waals surface area contributed by atoms with Gasteiger partial charge in [-0.3, -0.25) is 4.79 Å². The Labute approximate surface area is 97.6 Å². The number of carbonyl (C=O) groups is 1. The van der Waals surface area contributed by atoms with Crippen LogP contribution in [0.25, 0.3) is 0 Å². The molecule has 1 amide bonds. The summed E-state index contributed by atoms with van der Waals surface area (Å²) in [5, 5.41) is 13.7. The highest BCUT2D eigenvalue weighted by Crippen LogP contribution is 2.43. The summed E-state index contributed by atoms with van der Waals surface area (Å²) in [7, 11) is 0. The highest BCUT2D eigenvalue weighted by Gasteiger charge is 2.61. The molecule has 100 valence electrons. The van der Waals surface area contributed by atoms with E-state index in [4.69, 9.17) is 5.11 Å². The molecule has 17 heavy (non-hydrogen) atoms. The Morgan fingerprint density at radius 1 is 1.59 bits per heavy atom. The third kappa shape index (κ3) is 2.71. The van der Waals surface area contributed by atoms with Crippen molar-refractivity contribution >= 4 is 5.91 Å². The first-order valence-electron chi connectivity index (χ1n) is 5.56. The maximum Gasteiger partial charge on any atom is 0.404 e. The van der Waals surface area contributed by atoms with Crippen molar-refractivity contribution in [3.8, 4) is 0 Å². The average Bonchev–Trinajstić information content (AvgIpc) is 2.74. The predicted octanol–water partition coefficient (Wildman–Crippen LogP) is 0.415. The van der Waals surface area contributed by atoms with Crippen molar-refractivity contribution in [1.29, 1.82) is 0 Å². The van der Waals surface area contributed by atoms with Gasteiger partial charge in [-0.2, -0.15) is 13.2 Å². The summed E-state index contributed by atoms with van der Waals surface area (Å²) < 4.78 is 38.9. The number of hydrogen-bond donors (Lipinski definition) is 3. The van der Waals surface area contributed by atoms with Gasteiger partial charge in [-0.05, 0) is 19.4 Å². The molecule has 1 fully saturated rings. The standard InChI is InChI=1S/C10H17F3N2O2/c1-2-7(5-16)15-8(17)9(10(11,12)13)3-4-14-6-9/h7,14,16H,2-6H2,1H3,(H,15,17). The molecule has 0 aromatic rings. The van der Waals surface area contributed by atoms with Crippen LogP contribution in [0, 0.1) is 5.41 Å².